The third-order valence-electron chi connectivity index (χ3n) is 5.29. The third kappa shape index (κ3) is 4.37. The van der Waals surface area contributed by atoms with Crippen molar-refractivity contribution in [3.63, 3.8) is 0 Å². The van der Waals surface area contributed by atoms with Crippen LogP contribution >= 0.6 is 11.8 Å². The Morgan fingerprint density at radius 2 is 1.93 bits per heavy atom. The Morgan fingerprint density at radius 3 is 2.62 bits per heavy atom. The molecular formula is C23H24FN3OS. The highest BCUT2D eigenvalue weighted by Crippen LogP contribution is 2.32. The van der Waals surface area contributed by atoms with Crippen molar-refractivity contribution in [3.05, 3.63) is 63.8 Å². The zero-order valence-electron chi connectivity index (χ0n) is 16.7. The Labute approximate surface area is 174 Å². The van der Waals surface area contributed by atoms with Gasteiger partial charge in [-0.15, -0.1) is 0 Å². The summed E-state index contributed by atoms with van der Waals surface area (Å²) in [5, 5.41) is 3.33. The highest BCUT2D eigenvalue weighted by atomic mass is 32.2. The summed E-state index contributed by atoms with van der Waals surface area (Å²) in [4.78, 5) is 19.5. The smallest absolute Gasteiger partial charge is 0.264 e. The number of nitrogens with zero attached hydrogens (tertiary/aromatic N) is 2. The Bertz CT molecular complexity index is 992. The molecule has 0 unspecified atom stereocenters. The fraction of sp³-hybridized carbons (Fsp3) is 0.304. The van der Waals surface area contributed by atoms with E-state index < -0.39 is 0 Å². The zero-order valence-corrected chi connectivity index (χ0v) is 17.5. The molecule has 0 spiro atoms. The summed E-state index contributed by atoms with van der Waals surface area (Å²) in [6.07, 6.45) is 4.92. The van der Waals surface area contributed by atoms with Gasteiger partial charge in [-0.05, 0) is 85.0 Å². The van der Waals surface area contributed by atoms with Gasteiger partial charge in [0.2, 0.25) is 0 Å². The number of rotatable bonds is 4. The maximum Gasteiger partial charge on any atom is 0.264 e. The van der Waals surface area contributed by atoms with Crippen LogP contribution in [-0.4, -0.2) is 24.2 Å². The topological polar surface area (TPSA) is 44.7 Å². The average molecular weight is 410 g/mol. The largest absolute Gasteiger partial charge is 0.369 e. The van der Waals surface area contributed by atoms with Crippen LogP contribution < -0.4 is 10.2 Å². The number of carbonyl (C=O) groups is 1. The number of benzene rings is 2. The second kappa shape index (κ2) is 8.41. The van der Waals surface area contributed by atoms with E-state index in [0.29, 0.717) is 15.8 Å². The van der Waals surface area contributed by atoms with Crippen molar-refractivity contribution in [2.45, 2.75) is 33.1 Å². The van der Waals surface area contributed by atoms with Crippen molar-refractivity contribution in [1.29, 1.82) is 0 Å². The lowest BCUT2D eigenvalue weighted by molar-refractivity contribution is -0.115. The maximum absolute atomic E-state index is 14.7. The van der Waals surface area contributed by atoms with Gasteiger partial charge in [0.25, 0.3) is 5.91 Å². The summed E-state index contributed by atoms with van der Waals surface area (Å²) in [7, 11) is 0. The Kier molecular flexibility index (Phi) is 5.72. The Balaban J connectivity index is 1.55. The molecule has 150 valence electrons. The molecule has 6 heteroatoms. The fourth-order valence-corrected chi connectivity index (χ4v) is 4.42. The van der Waals surface area contributed by atoms with E-state index in [-0.39, 0.29) is 11.7 Å². The molecule has 4 rings (SSSR count). The number of carbonyl (C=O) groups excluding carboxylic acids is 1. The zero-order chi connectivity index (χ0) is 20.4. The molecule has 2 aromatic rings. The summed E-state index contributed by atoms with van der Waals surface area (Å²) >= 11 is 1.28. The second-order valence-electron chi connectivity index (χ2n) is 7.36. The predicted octanol–water partition coefficient (Wildman–Crippen LogP) is 5.19. The number of hydrogen-bond acceptors (Lipinski definition) is 4. The van der Waals surface area contributed by atoms with Crippen LogP contribution in [0.4, 0.5) is 15.8 Å². The summed E-state index contributed by atoms with van der Waals surface area (Å²) in [6.45, 7) is 5.85. The molecule has 0 radical (unpaired) electrons. The quantitative estimate of drug-likeness (QED) is 0.707. The molecule has 2 heterocycles. The van der Waals surface area contributed by atoms with E-state index in [1.165, 1.54) is 23.4 Å². The second-order valence-corrected chi connectivity index (χ2v) is 8.39. The van der Waals surface area contributed by atoms with Gasteiger partial charge in [-0.2, -0.15) is 0 Å². The third-order valence-corrected chi connectivity index (χ3v) is 6.20. The van der Waals surface area contributed by atoms with Crippen LogP contribution in [0.2, 0.25) is 0 Å². The van der Waals surface area contributed by atoms with E-state index in [1.54, 1.807) is 6.08 Å². The number of hydrogen-bond donors (Lipinski definition) is 1. The molecule has 2 aromatic carbocycles. The minimum Gasteiger partial charge on any atom is -0.369 e. The molecule has 1 N–H and O–H groups in total. The lowest BCUT2D eigenvalue weighted by Crippen LogP contribution is -2.19. The monoisotopic (exact) mass is 409 g/mol. The standard InChI is InChI=1S/C23H24FN3OS/c1-3-16-6-8-18(9-7-16)25-23-26-22(28)21(29-23)14-17-13-19(24)20(12-15(17)2)27-10-4-5-11-27/h6-9,12-14H,3-5,10-11H2,1-2H3,(H,25,26,28). The Morgan fingerprint density at radius 1 is 1.21 bits per heavy atom. The van der Waals surface area contributed by atoms with Crippen molar-refractivity contribution in [2.75, 3.05) is 18.0 Å². The molecule has 4 nitrogen and oxygen atoms in total. The van der Waals surface area contributed by atoms with Crippen LogP contribution in [0.3, 0.4) is 0 Å². The molecule has 2 saturated heterocycles. The van der Waals surface area contributed by atoms with E-state index in [1.807, 2.05) is 37.3 Å². The minimum atomic E-state index is -0.238. The molecule has 2 fully saturated rings. The number of aryl methyl sites for hydroxylation is 2. The highest BCUT2D eigenvalue weighted by molar-refractivity contribution is 8.18. The first-order valence-electron chi connectivity index (χ1n) is 9.97. The van der Waals surface area contributed by atoms with Gasteiger partial charge in [0.15, 0.2) is 5.17 Å². The van der Waals surface area contributed by atoms with Crippen molar-refractivity contribution in [2.24, 2.45) is 4.99 Å². The number of aliphatic imine (C=N–C) groups is 1. The van der Waals surface area contributed by atoms with Crippen molar-refractivity contribution < 1.29 is 9.18 Å². The summed E-state index contributed by atoms with van der Waals surface area (Å²) in [6, 6.07) is 11.4. The molecule has 0 bridgehead atoms. The molecule has 29 heavy (non-hydrogen) atoms. The van der Waals surface area contributed by atoms with Crippen LogP contribution in [0.1, 0.15) is 36.5 Å². The normalized spacial score (nSPS) is 19.4. The van der Waals surface area contributed by atoms with Gasteiger partial charge in [-0.3, -0.25) is 4.79 Å². The van der Waals surface area contributed by atoms with E-state index in [2.05, 4.69) is 22.1 Å². The molecule has 0 aromatic heterocycles. The molecule has 0 aliphatic carbocycles. The van der Waals surface area contributed by atoms with Gasteiger partial charge in [-0.25, -0.2) is 9.38 Å². The molecule has 0 atom stereocenters. The van der Waals surface area contributed by atoms with Crippen LogP contribution in [0, 0.1) is 12.7 Å². The van der Waals surface area contributed by atoms with E-state index >= 15 is 0 Å². The van der Waals surface area contributed by atoms with E-state index in [4.69, 9.17) is 0 Å². The minimum absolute atomic E-state index is 0.206. The van der Waals surface area contributed by atoms with Gasteiger partial charge < -0.3 is 10.2 Å². The van der Waals surface area contributed by atoms with E-state index in [0.717, 1.165) is 49.2 Å². The van der Waals surface area contributed by atoms with E-state index in [9.17, 15) is 9.18 Å². The summed E-state index contributed by atoms with van der Waals surface area (Å²) in [5.74, 6) is -0.444. The molecule has 0 saturated carbocycles. The van der Waals surface area contributed by atoms with Gasteiger partial charge in [0.1, 0.15) is 5.82 Å². The molecule has 2 aliphatic rings. The summed E-state index contributed by atoms with van der Waals surface area (Å²) < 4.78 is 14.7. The van der Waals surface area contributed by atoms with Crippen LogP contribution in [0.25, 0.3) is 6.08 Å². The van der Waals surface area contributed by atoms with Gasteiger partial charge in [0.05, 0.1) is 16.3 Å². The molecular weight excluding hydrogens is 385 g/mol. The Hall–Kier alpha value is -2.60. The first kappa shape index (κ1) is 19.7. The fourth-order valence-electron chi connectivity index (χ4n) is 3.58. The molecule has 1 amide bonds. The number of amidine groups is 1. The first-order valence-corrected chi connectivity index (χ1v) is 10.8. The average Bonchev–Trinajstić information content (AvgIpc) is 3.35. The van der Waals surface area contributed by atoms with Crippen LogP contribution in [0.15, 0.2) is 46.3 Å². The van der Waals surface area contributed by atoms with Gasteiger partial charge in [0, 0.05) is 13.1 Å². The predicted molar refractivity (Wildman–Crippen MR) is 119 cm³/mol. The van der Waals surface area contributed by atoms with Crippen LogP contribution in [-0.2, 0) is 11.2 Å². The SMILES string of the molecule is CCc1ccc(N=C2NC(=O)C(=Cc3cc(F)c(N4CCCC4)cc3C)S2)cc1. The number of thioether (sulfide) groups is 1. The highest BCUT2D eigenvalue weighted by Gasteiger charge is 2.24. The number of halogens is 1. The summed E-state index contributed by atoms with van der Waals surface area (Å²) in [5.41, 5.74) is 4.37. The van der Waals surface area contributed by atoms with Gasteiger partial charge >= 0.3 is 0 Å². The maximum atomic E-state index is 14.7. The number of amides is 1. The van der Waals surface area contributed by atoms with Crippen LogP contribution in [0.5, 0.6) is 0 Å². The number of nitrogens with one attached hydrogen (secondary N) is 1. The molecule has 2 aliphatic heterocycles. The van der Waals surface area contributed by atoms with Crippen molar-refractivity contribution in [3.8, 4) is 0 Å². The lowest BCUT2D eigenvalue weighted by Gasteiger charge is -2.19. The lowest BCUT2D eigenvalue weighted by atomic mass is 10.1. The van der Waals surface area contributed by atoms with Crippen molar-refractivity contribution in [1.82, 2.24) is 5.32 Å². The van der Waals surface area contributed by atoms with Gasteiger partial charge in [-0.1, -0.05) is 19.1 Å². The first-order chi connectivity index (χ1) is 14.0. The number of anilines is 1. The van der Waals surface area contributed by atoms with Crippen molar-refractivity contribution >= 4 is 40.3 Å².